The lowest BCUT2D eigenvalue weighted by atomic mass is 9.80. The van der Waals surface area contributed by atoms with E-state index in [4.69, 9.17) is 10.5 Å². The fourth-order valence-corrected chi connectivity index (χ4v) is 7.70. The lowest BCUT2D eigenvalue weighted by Crippen LogP contribution is -2.51. The number of allylic oxidation sites excluding steroid dienone is 2. The molecule has 0 radical (unpaired) electrons. The van der Waals surface area contributed by atoms with Crippen molar-refractivity contribution >= 4 is 38.9 Å². The van der Waals surface area contributed by atoms with E-state index in [2.05, 4.69) is 4.98 Å². The summed E-state index contributed by atoms with van der Waals surface area (Å²) in [6.07, 6.45) is 9.06. The highest BCUT2D eigenvalue weighted by Crippen LogP contribution is 2.55. The van der Waals surface area contributed by atoms with Crippen molar-refractivity contribution < 1.29 is 22.7 Å². The summed E-state index contributed by atoms with van der Waals surface area (Å²) < 4.78 is 31.2. The Hall–Kier alpha value is -3.04. The average Bonchev–Trinajstić information content (AvgIpc) is 3.36. The first kappa shape index (κ1) is 21.8. The molecule has 1 fully saturated rings. The average molecular weight is 483 g/mol. The minimum Gasteiger partial charge on any atom is -0.488 e. The molecule has 33 heavy (non-hydrogen) atoms. The van der Waals surface area contributed by atoms with Gasteiger partial charge < -0.3 is 10.5 Å². The Morgan fingerprint density at radius 1 is 1.30 bits per heavy atom. The van der Waals surface area contributed by atoms with Crippen molar-refractivity contribution in [1.29, 1.82) is 0 Å². The first-order valence-corrected chi connectivity index (χ1v) is 12.9. The molecule has 7 nitrogen and oxygen atoms in total. The molecule has 0 saturated heterocycles. The second-order valence-electron chi connectivity index (χ2n) is 8.78. The monoisotopic (exact) mass is 482 g/mol. The van der Waals surface area contributed by atoms with Gasteiger partial charge in [-0.3, -0.25) is 9.59 Å². The van der Waals surface area contributed by atoms with Crippen LogP contribution in [0.3, 0.4) is 0 Å². The lowest BCUT2D eigenvalue weighted by molar-refractivity contribution is -0.121. The summed E-state index contributed by atoms with van der Waals surface area (Å²) in [5.74, 6) is -1.73. The summed E-state index contributed by atoms with van der Waals surface area (Å²) in [6, 6.07) is 4.72. The molecule has 1 aliphatic heterocycles. The normalized spacial score (nSPS) is 26.6. The number of ether oxygens (including phenoxy) is 1. The fourth-order valence-electron chi connectivity index (χ4n) is 4.51. The zero-order chi connectivity index (χ0) is 23.4. The van der Waals surface area contributed by atoms with Crippen LogP contribution in [0.5, 0.6) is 5.75 Å². The van der Waals surface area contributed by atoms with Gasteiger partial charge in [0.25, 0.3) is 0 Å². The quantitative estimate of drug-likeness (QED) is 0.654. The number of thiazole rings is 1. The van der Waals surface area contributed by atoms with Crippen molar-refractivity contribution in [2.24, 2.45) is 11.7 Å². The third-order valence-electron chi connectivity index (χ3n) is 6.70. The lowest BCUT2D eigenvalue weighted by Gasteiger charge is -2.39. The molecule has 2 heterocycles. The van der Waals surface area contributed by atoms with E-state index in [1.54, 1.807) is 54.9 Å². The number of sulfone groups is 1. The molecule has 2 aliphatic carbocycles. The molecule has 1 aromatic heterocycles. The van der Waals surface area contributed by atoms with E-state index in [0.717, 1.165) is 0 Å². The molecule has 0 bridgehead atoms. The van der Waals surface area contributed by atoms with Crippen LogP contribution >= 0.6 is 11.3 Å². The van der Waals surface area contributed by atoms with Crippen molar-refractivity contribution in [1.82, 2.24) is 4.98 Å². The Morgan fingerprint density at radius 2 is 2.09 bits per heavy atom. The van der Waals surface area contributed by atoms with Crippen LogP contribution in [-0.4, -0.2) is 36.4 Å². The van der Waals surface area contributed by atoms with E-state index >= 15 is 0 Å². The molecule has 1 aromatic carbocycles. The van der Waals surface area contributed by atoms with E-state index in [1.165, 1.54) is 17.4 Å². The smallest absolute Gasteiger partial charge is 0.226 e. The maximum Gasteiger partial charge on any atom is 0.226 e. The van der Waals surface area contributed by atoms with Gasteiger partial charge in [0.05, 0.1) is 27.4 Å². The second-order valence-corrected chi connectivity index (χ2v) is 12.2. The number of ketones is 1. The highest BCUT2D eigenvalue weighted by atomic mass is 32.2. The van der Waals surface area contributed by atoms with Crippen molar-refractivity contribution in [3.63, 3.8) is 0 Å². The number of fused-ring (bicyclic) bond motifs is 1. The maximum atomic E-state index is 14.0. The Kier molecular flexibility index (Phi) is 4.95. The fraction of sp³-hybridized carbons (Fsp3) is 0.292. The summed E-state index contributed by atoms with van der Waals surface area (Å²) >= 11 is 1.43. The van der Waals surface area contributed by atoms with Crippen LogP contribution in [0.2, 0.25) is 0 Å². The Morgan fingerprint density at radius 3 is 2.76 bits per heavy atom. The van der Waals surface area contributed by atoms with Crippen molar-refractivity contribution in [3.05, 3.63) is 75.8 Å². The molecule has 9 heteroatoms. The third kappa shape index (κ3) is 3.21. The zero-order valence-electron chi connectivity index (χ0n) is 17.9. The summed E-state index contributed by atoms with van der Waals surface area (Å²) in [5, 5.41) is 1.83. The minimum absolute atomic E-state index is 0.0409. The van der Waals surface area contributed by atoms with Crippen LogP contribution in [0.4, 0.5) is 0 Å². The SMILES string of the molecule is CC1(S(=O)(=O)C2(c3ccc4c(c3)OC/C(=C\c3cscn3)C4=O)C=CC=CC2C(N)=O)CC1. The van der Waals surface area contributed by atoms with Gasteiger partial charge in [0.15, 0.2) is 15.6 Å². The van der Waals surface area contributed by atoms with Gasteiger partial charge in [-0.15, -0.1) is 11.3 Å². The summed E-state index contributed by atoms with van der Waals surface area (Å²) in [4.78, 5) is 29.7. The highest BCUT2D eigenvalue weighted by Gasteiger charge is 2.63. The van der Waals surface area contributed by atoms with Crippen molar-refractivity contribution in [2.45, 2.75) is 29.3 Å². The summed E-state index contributed by atoms with van der Waals surface area (Å²) in [7, 11) is -3.88. The first-order chi connectivity index (χ1) is 15.7. The van der Waals surface area contributed by atoms with Crippen molar-refractivity contribution in [3.8, 4) is 5.75 Å². The summed E-state index contributed by atoms with van der Waals surface area (Å²) in [5.41, 5.74) is 9.22. The number of hydrogen-bond acceptors (Lipinski definition) is 7. The van der Waals surface area contributed by atoms with E-state index in [1.807, 2.05) is 5.38 Å². The molecule has 2 unspecified atom stereocenters. The van der Waals surface area contributed by atoms with Crippen LogP contribution in [0.15, 0.2) is 59.0 Å². The predicted molar refractivity (Wildman–Crippen MR) is 126 cm³/mol. The molecular weight excluding hydrogens is 460 g/mol. The molecule has 2 atom stereocenters. The van der Waals surface area contributed by atoms with Gasteiger partial charge in [-0.2, -0.15) is 0 Å². The molecule has 1 amide bonds. The van der Waals surface area contributed by atoms with Gasteiger partial charge >= 0.3 is 0 Å². The second kappa shape index (κ2) is 7.50. The van der Waals surface area contributed by atoms with Gasteiger partial charge in [0.1, 0.15) is 17.1 Å². The highest BCUT2D eigenvalue weighted by molar-refractivity contribution is 7.94. The molecule has 0 spiro atoms. The van der Waals surface area contributed by atoms with Crippen molar-refractivity contribution in [2.75, 3.05) is 6.61 Å². The third-order valence-corrected chi connectivity index (χ3v) is 10.5. The molecule has 3 aliphatic rings. The van der Waals surface area contributed by atoms with Crippen LogP contribution in [0.25, 0.3) is 6.08 Å². The van der Waals surface area contributed by atoms with Crippen LogP contribution in [-0.2, 0) is 19.4 Å². The number of aromatic nitrogens is 1. The number of primary amides is 1. The van der Waals surface area contributed by atoms with Crippen LogP contribution < -0.4 is 10.5 Å². The Balaban J connectivity index is 1.63. The number of nitrogens with two attached hydrogens (primary N) is 1. The molecule has 5 rings (SSSR count). The number of hydrogen-bond donors (Lipinski definition) is 1. The number of rotatable bonds is 5. The first-order valence-electron chi connectivity index (χ1n) is 10.5. The van der Waals surface area contributed by atoms with Gasteiger partial charge in [-0.25, -0.2) is 13.4 Å². The number of Topliss-reactive ketones (excluding diaryl/α,β-unsaturated/α-hetero) is 1. The maximum absolute atomic E-state index is 14.0. The Labute approximate surface area is 195 Å². The molecule has 1 saturated carbocycles. The molecule has 170 valence electrons. The van der Waals surface area contributed by atoms with Gasteiger partial charge in [0, 0.05) is 11.0 Å². The van der Waals surface area contributed by atoms with Crippen LogP contribution in [0.1, 0.15) is 41.4 Å². The minimum atomic E-state index is -3.88. The Bertz CT molecular complexity index is 1350. The van der Waals surface area contributed by atoms with Gasteiger partial charge in [-0.05, 0) is 43.5 Å². The van der Waals surface area contributed by atoms with E-state index in [-0.39, 0.29) is 18.1 Å². The topological polar surface area (TPSA) is 116 Å². The molecule has 2 N–H and O–H groups in total. The van der Waals surface area contributed by atoms with E-state index < -0.39 is 31.2 Å². The zero-order valence-corrected chi connectivity index (χ0v) is 19.5. The van der Waals surface area contributed by atoms with E-state index in [0.29, 0.717) is 35.2 Å². The molecule has 2 aromatic rings. The number of carbonyl (C=O) groups is 2. The number of nitrogens with zero attached hydrogens (tertiary/aromatic N) is 1. The van der Waals surface area contributed by atoms with Gasteiger partial charge in [-0.1, -0.05) is 30.4 Å². The largest absolute Gasteiger partial charge is 0.488 e. The number of carbonyl (C=O) groups excluding carboxylic acids is 2. The molecular formula is C24H22N2O5S2. The van der Waals surface area contributed by atoms with E-state index in [9.17, 15) is 18.0 Å². The summed E-state index contributed by atoms with van der Waals surface area (Å²) in [6.45, 7) is 1.74. The number of amides is 1. The van der Waals surface area contributed by atoms with Crippen LogP contribution in [0, 0.1) is 5.92 Å². The number of benzene rings is 1. The standard InChI is InChI=1S/C24H22N2O5S2/c1-23(8-9-23)33(29,30)24(7-3-2-4-19(24)22(25)28)16-5-6-18-20(11-16)31-12-15(21(18)27)10-17-13-32-14-26-17/h2-7,10-11,13-14,19H,8-9,12H2,1H3,(H2,25,28)/b15-10+. The van der Waals surface area contributed by atoms with Gasteiger partial charge in [0.2, 0.25) is 5.91 Å². The predicted octanol–water partition coefficient (Wildman–Crippen LogP) is 3.19.